The molecule has 0 spiro atoms. The summed E-state index contributed by atoms with van der Waals surface area (Å²) in [6, 6.07) is 0. The summed E-state index contributed by atoms with van der Waals surface area (Å²) in [6.45, 7) is 4.48. The van der Waals surface area contributed by atoms with Gasteiger partial charge < -0.3 is 0 Å². The van der Waals surface area contributed by atoms with Crippen molar-refractivity contribution in [2.75, 3.05) is 0 Å². The van der Waals surface area contributed by atoms with Crippen LogP contribution in [0.5, 0.6) is 0 Å². The van der Waals surface area contributed by atoms with E-state index in [2.05, 4.69) is 23.8 Å². The van der Waals surface area contributed by atoms with Crippen molar-refractivity contribution in [1.82, 2.24) is 0 Å². The quantitative estimate of drug-likeness (QED) is 0.659. The van der Waals surface area contributed by atoms with E-state index in [4.69, 9.17) is 0 Å². The van der Waals surface area contributed by atoms with Gasteiger partial charge in [0, 0.05) is 0 Å². The Balaban J connectivity index is 2.83. The van der Waals surface area contributed by atoms with Gasteiger partial charge in [0.2, 0.25) is 0 Å². The SMILES string of the molecule is CC[Se]C=C[Se]CC. The normalized spacial score (nSPS) is 10.8. The Hall–Kier alpha value is 0.779. The molecule has 0 aliphatic carbocycles. The van der Waals surface area contributed by atoms with E-state index in [-0.39, 0.29) is 0 Å². The van der Waals surface area contributed by atoms with Crippen molar-refractivity contribution in [2.24, 2.45) is 0 Å². The fourth-order valence-electron chi connectivity index (χ4n) is 0.271. The molecule has 0 N–H and O–H groups in total. The van der Waals surface area contributed by atoms with E-state index in [0.717, 1.165) is 29.9 Å². The van der Waals surface area contributed by atoms with Crippen molar-refractivity contribution in [1.29, 1.82) is 0 Å². The summed E-state index contributed by atoms with van der Waals surface area (Å²) >= 11 is 1.60. The molecule has 0 heterocycles. The first-order valence-corrected chi connectivity index (χ1v) is 7.20. The molecule has 0 saturated heterocycles. The summed E-state index contributed by atoms with van der Waals surface area (Å²) in [7, 11) is 0. The molecule has 0 aromatic carbocycles. The average molecular weight is 242 g/mol. The molecule has 0 aromatic heterocycles. The zero-order valence-electron chi connectivity index (χ0n) is 5.39. The van der Waals surface area contributed by atoms with Gasteiger partial charge in [0.15, 0.2) is 0 Å². The van der Waals surface area contributed by atoms with Gasteiger partial charge in [-0.05, 0) is 0 Å². The van der Waals surface area contributed by atoms with Crippen LogP contribution < -0.4 is 0 Å². The van der Waals surface area contributed by atoms with Crippen LogP contribution in [0.2, 0.25) is 10.6 Å². The van der Waals surface area contributed by atoms with E-state index in [1.165, 1.54) is 10.6 Å². The van der Waals surface area contributed by atoms with Crippen LogP contribution in [0, 0.1) is 0 Å². The van der Waals surface area contributed by atoms with Gasteiger partial charge in [-0.2, -0.15) is 0 Å². The van der Waals surface area contributed by atoms with Gasteiger partial charge >= 0.3 is 64.3 Å². The molecule has 0 radical (unpaired) electrons. The Labute approximate surface area is 64.4 Å². The maximum absolute atomic E-state index is 2.36. The van der Waals surface area contributed by atoms with Gasteiger partial charge in [-0.1, -0.05) is 0 Å². The van der Waals surface area contributed by atoms with Crippen molar-refractivity contribution in [3.8, 4) is 0 Å². The molecular formula is C6H12Se2. The topological polar surface area (TPSA) is 0 Å². The molecule has 0 fully saturated rings. The van der Waals surface area contributed by atoms with Gasteiger partial charge in [0.25, 0.3) is 0 Å². The molecule has 0 rings (SSSR count). The Morgan fingerprint density at radius 3 is 1.62 bits per heavy atom. The summed E-state index contributed by atoms with van der Waals surface area (Å²) in [5, 5.41) is 2.70. The molecule has 0 unspecified atom stereocenters. The molecular weight excluding hydrogens is 230 g/mol. The van der Waals surface area contributed by atoms with Crippen LogP contribution in [0.15, 0.2) is 9.95 Å². The van der Waals surface area contributed by atoms with E-state index in [0.29, 0.717) is 0 Å². The molecule has 48 valence electrons. The molecule has 0 bridgehead atoms. The minimum atomic E-state index is 0.802. The van der Waals surface area contributed by atoms with Crippen LogP contribution in [-0.4, -0.2) is 29.9 Å². The molecule has 0 amide bonds. The van der Waals surface area contributed by atoms with Crippen molar-refractivity contribution in [3.05, 3.63) is 9.95 Å². The molecule has 8 heavy (non-hydrogen) atoms. The van der Waals surface area contributed by atoms with E-state index < -0.39 is 0 Å². The second-order valence-corrected chi connectivity index (χ2v) is 6.15. The Kier molecular flexibility index (Phi) is 8.54. The van der Waals surface area contributed by atoms with E-state index >= 15 is 0 Å². The van der Waals surface area contributed by atoms with Crippen LogP contribution in [0.3, 0.4) is 0 Å². The van der Waals surface area contributed by atoms with E-state index in [9.17, 15) is 0 Å². The standard InChI is InChI=1S/C6H12Se2/c1-3-7-5-6-8-4-2/h5-6H,3-4H2,1-2H3. The van der Waals surface area contributed by atoms with E-state index in [1.807, 2.05) is 0 Å². The zero-order valence-corrected chi connectivity index (χ0v) is 8.81. The summed E-state index contributed by atoms with van der Waals surface area (Å²) in [4.78, 5) is 4.72. The second kappa shape index (κ2) is 7.78. The number of hydrogen-bond donors (Lipinski definition) is 0. The first-order valence-electron chi connectivity index (χ1n) is 2.80. The fourth-order valence-corrected chi connectivity index (χ4v) is 3.12. The number of rotatable bonds is 4. The Morgan fingerprint density at radius 1 is 1.00 bits per heavy atom. The monoisotopic (exact) mass is 244 g/mol. The zero-order chi connectivity index (χ0) is 6.24. The maximum atomic E-state index is 2.36. The van der Waals surface area contributed by atoms with Gasteiger partial charge in [-0.15, -0.1) is 0 Å². The summed E-state index contributed by atoms with van der Waals surface area (Å²) < 4.78 is 0. The molecule has 0 aliphatic rings. The summed E-state index contributed by atoms with van der Waals surface area (Å²) in [5.74, 6) is 0. The third-order valence-electron chi connectivity index (χ3n) is 0.581. The Morgan fingerprint density at radius 2 is 1.38 bits per heavy atom. The third kappa shape index (κ3) is 6.78. The van der Waals surface area contributed by atoms with Crippen molar-refractivity contribution >= 4 is 29.9 Å². The molecule has 0 aromatic rings. The van der Waals surface area contributed by atoms with Crippen molar-refractivity contribution < 1.29 is 0 Å². The van der Waals surface area contributed by atoms with Crippen LogP contribution in [0.4, 0.5) is 0 Å². The predicted molar refractivity (Wildman–Crippen MR) is 41.6 cm³/mol. The van der Waals surface area contributed by atoms with Gasteiger partial charge in [0.05, 0.1) is 0 Å². The van der Waals surface area contributed by atoms with E-state index in [1.54, 1.807) is 0 Å². The summed E-state index contributed by atoms with van der Waals surface area (Å²) in [6.07, 6.45) is 0. The molecule has 0 saturated carbocycles. The van der Waals surface area contributed by atoms with Gasteiger partial charge in [-0.3, -0.25) is 0 Å². The van der Waals surface area contributed by atoms with Gasteiger partial charge in [0.1, 0.15) is 0 Å². The third-order valence-corrected chi connectivity index (χ3v) is 4.23. The molecule has 0 atom stereocenters. The van der Waals surface area contributed by atoms with Gasteiger partial charge in [-0.25, -0.2) is 0 Å². The molecule has 2 heteroatoms. The van der Waals surface area contributed by atoms with Crippen LogP contribution >= 0.6 is 0 Å². The average Bonchev–Trinajstić information content (AvgIpc) is 1.81. The van der Waals surface area contributed by atoms with Crippen LogP contribution in [-0.2, 0) is 0 Å². The van der Waals surface area contributed by atoms with Crippen LogP contribution in [0.25, 0.3) is 0 Å². The van der Waals surface area contributed by atoms with Crippen molar-refractivity contribution in [2.45, 2.75) is 24.5 Å². The summed E-state index contributed by atoms with van der Waals surface area (Å²) in [5.41, 5.74) is 0. The first kappa shape index (κ1) is 8.78. The molecule has 0 aliphatic heterocycles. The molecule has 0 nitrogen and oxygen atoms in total. The fraction of sp³-hybridized carbons (Fsp3) is 0.667. The first-order chi connectivity index (χ1) is 3.91. The predicted octanol–water partition coefficient (Wildman–Crippen LogP) is 1.74. The van der Waals surface area contributed by atoms with Crippen LogP contribution in [0.1, 0.15) is 13.8 Å². The Bertz CT molecular complexity index is 51.5. The number of hydrogen-bond acceptors (Lipinski definition) is 0. The second-order valence-electron chi connectivity index (χ2n) is 1.18. The minimum absolute atomic E-state index is 0.802. The van der Waals surface area contributed by atoms with Crippen molar-refractivity contribution in [3.63, 3.8) is 0 Å².